The zero-order valence-electron chi connectivity index (χ0n) is 18.7. The van der Waals surface area contributed by atoms with Crippen molar-refractivity contribution in [3.63, 3.8) is 0 Å². The van der Waals surface area contributed by atoms with Gasteiger partial charge in [-0.3, -0.25) is 9.79 Å². The van der Waals surface area contributed by atoms with Crippen LogP contribution in [0.4, 0.5) is 0 Å². The molecule has 1 aromatic rings. The third-order valence-electron chi connectivity index (χ3n) is 5.26. The number of carbonyl (C=O) groups is 1. The summed E-state index contributed by atoms with van der Waals surface area (Å²) in [6.07, 6.45) is 8.48. The smallest absolute Gasteiger partial charge is 0.251 e. The van der Waals surface area contributed by atoms with E-state index < -0.39 is 0 Å². The topological polar surface area (TPSA) is 74.8 Å². The third-order valence-corrected chi connectivity index (χ3v) is 5.26. The van der Waals surface area contributed by atoms with E-state index >= 15 is 0 Å². The second kappa shape index (κ2) is 15.5. The SMILES string of the molecule is CCCCCCC(C)NC(=NC)NCc1cccc(C(=O)NCC2CCCO2)c1.I. The molecule has 6 nitrogen and oxygen atoms in total. The molecule has 1 aliphatic heterocycles. The summed E-state index contributed by atoms with van der Waals surface area (Å²) >= 11 is 0. The molecule has 0 spiro atoms. The first-order valence-corrected chi connectivity index (χ1v) is 11.1. The van der Waals surface area contributed by atoms with Crippen LogP contribution in [0.25, 0.3) is 0 Å². The van der Waals surface area contributed by atoms with Gasteiger partial charge in [-0.1, -0.05) is 44.7 Å². The first kappa shape index (κ1) is 26.7. The molecule has 0 bridgehead atoms. The fourth-order valence-corrected chi connectivity index (χ4v) is 3.50. The molecule has 0 aliphatic carbocycles. The Hall–Kier alpha value is -1.35. The number of aliphatic imine (C=N–C) groups is 1. The minimum absolute atomic E-state index is 0. The van der Waals surface area contributed by atoms with Crippen molar-refractivity contribution in [2.75, 3.05) is 20.2 Å². The highest BCUT2D eigenvalue weighted by Crippen LogP contribution is 2.11. The van der Waals surface area contributed by atoms with E-state index in [1.165, 1.54) is 25.7 Å². The molecule has 30 heavy (non-hydrogen) atoms. The molecular formula is C23H39IN4O2. The Morgan fingerprint density at radius 3 is 2.80 bits per heavy atom. The van der Waals surface area contributed by atoms with Crippen molar-refractivity contribution in [1.29, 1.82) is 0 Å². The summed E-state index contributed by atoms with van der Waals surface area (Å²) in [5, 5.41) is 9.78. The molecule has 0 radical (unpaired) electrons. The Morgan fingerprint density at radius 2 is 2.10 bits per heavy atom. The number of guanidine groups is 1. The Bertz CT molecular complexity index is 648. The van der Waals surface area contributed by atoms with Gasteiger partial charge in [-0.2, -0.15) is 0 Å². The van der Waals surface area contributed by atoms with E-state index in [0.717, 1.165) is 37.4 Å². The van der Waals surface area contributed by atoms with E-state index in [-0.39, 0.29) is 36.0 Å². The molecule has 1 amide bonds. The number of unbranched alkanes of at least 4 members (excludes halogenated alkanes) is 3. The zero-order valence-corrected chi connectivity index (χ0v) is 21.0. The Morgan fingerprint density at radius 1 is 1.27 bits per heavy atom. The van der Waals surface area contributed by atoms with Crippen LogP contribution in [-0.2, 0) is 11.3 Å². The standard InChI is InChI=1S/C23H38N4O2.HI/c1-4-5-6-7-10-18(2)27-23(24-3)26-16-19-11-8-12-20(15-19)22(28)25-17-21-13-9-14-29-21;/h8,11-12,15,18,21H,4-7,9-10,13-14,16-17H2,1-3H3,(H,25,28)(H2,24,26,27);1H. The molecule has 3 N–H and O–H groups in total. The lowest BCUT2D eigenvalue weighted by atomic mass is 10.1. The van der Waals surface area contributed by atoms with E-state index in [4.69, 9.17) is 4.74 Å². The maximum atomic E-state index is 12.4. The Labute approximate surface area is 199 Å². The van der Waals surface area contributed by atoms with Crippen LogP contribution in [0.2, 0.25) is 0 Å². The molecule has 0 saturated carbocycles. The zero-order chi connectivity index (χ0) is 20.9. The number of nitrogens with zero attached hydrogens (tertiary/aromatic N) is 1. The summed E-state index contributed by atoms with van der Waals surface area (Å²) in [4.78, 5) is 16.7. The lowest BCUT2D eigenvalue weighted by Gasteiger charge is -2.18. The van der Waals surface area contributed by atoms with Crippen molar-refractivity contribution in [2.24, 2.45) is 4.99 Å². The molecular weight excluding hydrogens is 491 g/mol. The van der Waals surface area contributed by atoms with Gasteiger partial charge in [0.25, 0.3) is 5.91 Å². The van der Waals surface area contributed by atoms with Gasteiger partial charge in [0, 0.05) is 38.3 Å². The highest BCUT2D eigenvalue weighted by Gasteiger charge is 2.16. The number of carbonyl (C=O) groups excluding carboxylic acids is 1. The van der Waals surface area contributed by atoms with Gasteiger partial charge in [-0.15, -0.1) is 24.0 Å². The van der Waals surface area contributed by atoms with Crippen LogP contribution in [0.3, 0.4) is 0 Å². The molecule has 2 atom stereocenters. The van der Waals surface area contributed by atoms with E-state index in [1.807, 2.05) is 24.3 Å². The second-order valence-electron chi connectivity index (χ2n) is 7.87. The van der Waals surface area contributed by atoms with Crippen LogP contribution < -0.4 is 16.0 Å². The number of rotatable bonds is 11. The van der Waals surface area contributed by atoms with Crippen molar-refractivity contribution in [1.82, 2.24) is 16.0 Å². The molecule has 1 fully saturated rings. The molecule has 1 aromatic carbocycles. The fourth-order valence-electron chi connectivity index (χ4n) is 3.50. The maximum Gasteiger partial charge on any atom is 0.251 e. The molecule has 1 heterocycles. The molecule has 170 valence electrons. The van der Waals surface area contributed by atoms with E-state index in [0.29, 0.717) is 24.7 Å². The molecule has 1 saturated heterocycles. The van der Waals surface area contributed by atoms with E-state index in [1.54, 1.807) is 7.05 Å². The van der Waals surface area contributed by atoms with Gasteiger partial charge < -0.3 is 20.7 Å². The largest absolute Gasteiger partial charge is 0.376 e. The monoisotopic (exact) mass is 530 g/mol. The molecule has 7 heteroatoms. The van der Waals surface area contributed by atoms with Crippen LogP contribution in [0.15, 0.2) is 29.3 Å². The van der Waals surface area contributed by atoms with E-state index in [9.17, 15) is 4.79 Å². The first-order valence-electron chi connectivity index (χ1n) is 11.1. The summed E-state index contributed by atoms with van der Waals surface area (Å²) < 4.78 is 5.56. The van der Waals surface area contributed by atoms with Crippen LogP contribution >= 0.6 is 24.0 Å². The van der Waals surface area contributed by atoms with Crippen molar-refractivity contribution in [3.05, 3.63) is 35.4 Å². The highest BCUT2D eigenvalue weighted by molar-refractivity contribution is 14.0. The predicted molar refractivity (Wildman–Crippen MR) is 135 cm³/mol. The number of hydrogen-bond donors (Lipinski definition) is 3. The highest BCUT2D eigenvalue weighted by atomic mass is 127. The quantitative estimate of drug-likeness (QED) is 0.173. The van der Waals surface area contributed by atoms with Crippen molar-refractivity contribution in [2.45, 2.75) is 77.5 Å². The van der Waals surface area contributed by atoms with Gasteiger partial charge in [-0.25, -0.2) is 0 Å². The van der Waals surface area contributed by atoms with Crippen molar-refractivity contribution < 1.29 is 9.53 Å². The van der Waals surface area contributed by atoms with Crippen LogP contribution in [0.5, 0.6) is 0 Å². The van der Waals surface area contributed by atoms with Gasteiger partial charge in [-0.05, 0) is 43.9 Å². The Balaban J connectivity index is 0.00000450. The van der Waals surface area contributed by atoms with Gasteiger partial charge >= 0.3 is 0 Å². The maximum absolute atomic E-state index is 12.4. The molecule has 2 unspecified atom stereocenters. The van der Waals surface area contributed by atoms with Crippen LogP contribution in [0.1, 0.15) is 74.7 Å². The minimum Gasteiger partial charge on any atom is -0.376 e. The van der Waals surface area contributed by atoms with Crippen molar-refractivity contribution in [3.8, 4) is 0 Å². The van der Waals surface area contributed by atoms with Gasteiger partial charge in [0.2, 0.25) is 0 Å². The third kappa shape index (κ3) is 10.1. The lowest BCUT2D eigenvalue weighted by Crippen LogP contribution is -2.41. The van der Waals surface area contributed by atoms with E-state index in [2.05, 4.69) is 34.8 Å². The molecule has 1 aliphatic rings. The average Bonchev–Trinajstić information content (AvgIpc) is 3.26. The Kier molecular flexibility index (Phi) is 13.7. The number of ether oxygens (including phenoxy) is 1. The summed E-state index contributed by atoms with van der Waals surface area (Å²) in [6.45, 7) is 6.42. The normalized spacial score (nSPS) is 17.2. The number of nitrogens with one attached hydrogen (secondary N) is 3. The number of benzene rings is 1. The van der Waals surface area contributed by atoms with Crippen LogP contribution in [0, 0.1) is 0 Å². The average molecular weight is 530 g/mol. The van der Waals surface area contributed by atoms with Crippen molar-refractivity contribution >= 4 is 35.8 Å². The number of amides is 1. The predicted octanol–water partition coefficient (Wildman–Crippen LogP) is 4.24. The fraction of sp³-hybridized carbons (Fsp3) is 0.652. The van der Waals surface area contributed by atoms with Crippen LogP contribution in [-0.4, -0.2) is 44.2 Å². The number of hydrogen-bond acceptors (Lipinski definition) is 3. The second-order valence-corrected chi connectivity index (χ2v) is 7.87. The molecule has 0 aromatic heterocycles. The van der Waals surface area contributed by atoms with Gasteiger partial charge in [0.1, 0.15) is 0 Å². The lowest BCUT2D eigenvalue weighted by molar-refractivity contribution is 0.0857. The first-order chi connectivity index (χ1) is 14.1. The number of halogens is 1. The summed E-state index contributed by atoms with van der Waals surface area (Å²) in [5.41, 5.74) is 1.72. The van der Waals surface area contributed by atoms with Gasteiger partial charge in [0.05, 0.1) is 6.10 Å². The molecule has 2 rings (SSSR count). The minimum atomic E-state index is -0.0504. The van der Waals surface area contributed by atoms with Gasteiger partial charge in [0.15, 0.2) is 5.96 Å². The summed E-state index contributed by atoms with van der Waals surface area (Å²) in [7, 11) is 1.79. The summed E-state index contributed by atoms with van der Waals surface area (Å²) in [6, 6.07) is 8.10. The summed E-state index contributed by atoms with van der Waals surface area (Å²) in [5.74, 6) is 0.742.